The van der Waals surface area contributed by atoms with Gasteiger partial charge in [0, 0.05) is 32.6 Å². The molecule has 2 fully saturated rings. The fourth-order valence-corrected chi connectivity index (χ4v) is 6.11. The Morgan fingerprint density at radius 1 is 0.590 bits per heavy atom. The zero-order chi connectivity index (χ0) is 30.0. The molecular formula is C19H26F13N2O4P. The SMILES string of the molecule is O=P(OCCCCCC(F)(F)C(F)(F)C(F)(F)C(F)(F)C(F)(F)C(F)(F)F)(N1CCOCC1)N1CCOCC1. The van der Waals surface area contributed by atoms with E-state index in [-0.39, 0.29) is 65.6 Å². The Morgan fingerprint density at radius 2 is 1.00 bits per heavy atom. The second-order valence-electron chi connectivity index (χ2n) is 8.77. The lowest BCUT2D eigenvalue weighted by molar-refractivity contribution is -0.440. The number of rotatable bonds is 13. The van der Waals surface area contributed by atoms with Gasteiger partial charge < -0.3 is 14.0 Å². The second kappa shape index (κ2) is 12.2. The standard InChI is InChI=1S/C19H26F13N2O4P/c20-14(21,15(22,23)16(24,25)17(26,27)18(28,29)19(30,31)32)4-2-1-3-9-38-39(35,33-5-10-36-11-6-33)34-7-12-37-13-8-34/h1-13H2. The van der Waals surface area contributed by atoms with Crippen LogP contribution in [0.15, 0.2) is 0 Å². The summed E-state index contributed by atoms with van der Waals surface area (Å²) in [5, 5.41) is 0. The van der Waals surface area contributed by atoms with Crippen LogP contribution in [0.3, 0.4) is 0 Å². The zero-order valence-electron chi connectivity index (χ0n) is 20.1. The van der Waals surface area contributed by atoms with Crippen molar-refractivity contribution < 1.29 is 75.6 Å². The Balaban J connectivity index is 1.99. The van der Waals surface area contributed by atoms with Crippen molar-refractivity contribution in [3.63, 3.8) is 0 Å². The average Bonchev–Trinajstić information content (AvgIpc) is 2.85. The first-order chi connectivity index (χ1) is 17.7. The van der Waals surface area contributed by atoms with Gasteiger partial charge in [0.05, 0.1) is 33.0 Å². The van der Waals surface area contributed by atoms with E-state index in [1.54, 1.807) is 0 Å². The van der Waals surface area contributed by atoms with Crippen LogP contribution in [-0.4, -0.2) is 104 Å². The molecule has 20 heteroatoms. The van der Waals surface area contributed by atoms with Crippen molar-refractivity contribution >= 4 is 7.67 Å². The number of unbranched alkanes of at least 4 members (excludes halogenated alkanes) is 2. The lowest BCUT2D eigenvalue weighted by atomic mass is 9.91. The number of nitrogens with zero attached hydrogens (tertiary/aromatic N) is 2. The van der Waals surface area contributed by atoms with Gasteiger partial charge in [0.25, 0.3) is 0 Å². The maximum Gasteiger partial charge on any atom is 0.460 e. The summed E-state index contributed by atoms with van der Waals surface area (Å²) in [6.45, 7) is 1.45. The molecule has 0 bridgehead atoms. The van der Waals surface area contributed by atoms with Gasteiger partial charge in [0.15, 0.2) is 0 Å². The maximum atomic E-state index is 13.9. The van der Waals surface area contributed by atoms with Crippen LogP contribution in [0.4, 0.5) is 57.1 Å². The molecule has 6 nitrogen and oxygen atoms in total. The summed E-state index contributed by atoms with van der Waals surface area (Å²) in [5.41, 5.74) is 0. The second-order valence-corrected chi connectivity index (χ2v) is 11.1. The molecule has 2 aliphatic rings. The molecule has 0 atom stereocenters. The van der Waals surface area contributed by atoms with E-state index < -0.39 is 62.7 Å². The van der Waals surface area contributed by atoms with Crippen LogP contribution in [-0.2, 0) is 18.6 Å². The van der Waals surface area contributed by atoms with Crippen molar-refractivity contribution in [2.45, 2.75) is 61.5 Å². The fraction of sp³-hybridized carbons (Fsp3) is 1.00. The first-order valence-corrected chi connectivity index (χ1v) is 13.1. The zero-order valence-corrected chi connectivity index (χ0v) is 21.0. The number of morpholine rings is 2. The highest BCUT2D eigenvalue weighted by molar-refractivity contribution is 7.54. The molecular weight excluding hydrogens is 598 g/mol. The predicted molar refractivity (Wildman–Crippen MR) is 108 cm³/mol. The van der Waals surface area contributed by atoms with E-state index in [0.717, 1.165) is 0 Å². The highest BCUT2D eigenvalue weighted by Crippen LogP contribution is 2.61. The van der Waals surface area contributed by atoms with Crippen molar-refractivity contribution in [1.82, 2.24) is 9.34 Å². The largest absolute Gasteiger partial charge is 0.460 e. The van der Waals surface area contributed by atoms with E-state index in [2.05, 4.69) is 0 Å². The van der Waals surface area contributed by atoms with E-state index in [4.69, 9.17) is 14.0 Å². The molecule has 2 aliphatic heterocycles. The molecule has 0 aromatic rings. The fourth-order valence-electron chi connectivity index (χ4n) is 3.72. The summed E-state index contributed by atoms with van der Waals surface area (Å²) in [6.07, 6.45) is -11.5. The predicted octanol–water partition coefficient (Wildman–Crippen LogP) is 6.07. The van der Waals surface area contributed by atoms with Gasteiger partial charge in [-0.2, -0.15) is 57.1 Å². The van der Waals surface area contributed by atoms with E-state index in [1.165, 1.54) is 9.34 Å². The van der Waals surface area contributed by atoms with E-state index in [1.807, 2.05) is 0 Å². The van der Waals surface area contributed by atoms with Crippen LogP contribution in [0.1, 0.15) is 25.7 Å². The minimum atomic E-state index is -7.90. The summed E-state index contributed by atoms with van der Waals surface area (Å²) in [4.78, 5) is 0. The van der Waals surface area contributed by atoms with Crippen molar-refractivity contribution in [1.29, 1.82) is 0 Å². The monoisotopic (exact) mass is 624 g/mol. The topological polar surface area (TPSA) is 51.2 Å². The minimum Gasteiger partial charge on any atom is -0.379 e. The van der Waals surface area contributed by atoms with E-state index >= 15 is 0 Å². The molecule has 2 heterocycles. The molecule has 232 valence electrons. The van der Waals surface area contributed by atoms with Crippen LogP contribution in [0, 0.1) is 0 Å². The summed E-state index contributed by atoms with van der Waals surface area (Å²) in [5.74, 6) is -36.8. The molecule has 0 unspecified atom stereocenters. The van der Waals surface area contributed by atoms with Crippen molar-refractivity contribution in [3.05, 3.63) is 0 Å². The van der Waals surface area contributed by atoms with Gasteiger partial charge in [-0.1, -0.05) is 6.42 Å². The van der Waals surface area contributed by atoms with Gasteiger partial charge in [0.1, 0.15) is 0 Å². The lowest BCUT2D eigenvalue weighted by Gasteiger charge is -2.41. The van der Waals surface area contributed by atoms with Crippen LogP contribution < -0.4 is 0 Å². The minimum absolute atomic E-state index is 0.224. The van der Waals surface area contributed by atoms with Gasteiger partial charge in [-0.05, 0) is 12.8 Å². The summed E-state index contributed by atoms with van der Waals surface area (Å²) in [7, 11) is -3.66. The third kappa shape index (κ3) is 6.63. The molecule has 2 saturated heterocycles. The highest BCUT2D eigenvalue weighted by Gasteiger charge is 2.90. The molecule has 0 radical (unpaired) electrons. The Morgan fingerprint density at radius 3 is 1.41 bits per heavy atom. The number of hydrogen-bond donors (Lipinski definition) is 0. The van der Waals surface area contributed by atoms with Crippen molar-refractivity contribution in [2.24, 2.45) is 0 Å². The van der Waals surface area contributed by atoms with Crippen LogP contribution in [0.5, 0.6) is 0 Å². The van der Waals surface area contributed by atoms with Gasteiger partial charge in [-0.15, -0.1) is 0 Å². The molecule has 0 aliphatic carbocycles. The lowest BCUT2D eigenvalue weighted by Crippen LogP contribution is -2.70. The molecule has 0 amide bonds. The van der Waals surface area contributed by atoms with Gasteiger partial charge in [-0.3, -0.25) is 4.57 Å². The molecule has 0 N–H and O–H groups in total. The molecule has 39 heavy (non-hydrogen) atoms. The summed E-state index contributed by atoms with van der Waals surface area (Å²) >= 11 is 0. The Hall–Kier alpha value is -0.880. The molecule has 0 saturated carbocycles. The average molecular weight is 624 g/mol. The maximum absolute atomic E-state index is 13.9. The normalized spacial score (nSPS) is 20.4. The van der Waals surface area contributed by atoms with Crippen LogP contribution in [0.25, 0.3) is 0 Å². The number of ether oxygens (including phenoxy) is 2. The third-order valence-electron chi connectivity index (χ3n) is 6.08. The quantitative estimate of drug-likeness (QED) is 0.141. The highest BCUT2D eigenvalue weighted by atomic mass is 31.2. The smallest absolute Gasteiger partial charge is 0.379 e. The van der Waals surface area contributed by atoms with Crippen molar-refractivity contribution in [2.75, 3.05) is 59.2 Å². The number of halogens is 13. The summed E-state index contributed by atoms with van der Waals surface area (Å²) < 4.78 is 204. The van der Waals surface area contributed by atoms with Crippen LogP contribution >= 0.6 is 7.67 Å². The van der Waals surface area contributed by atoms with Gasteiger partial charge >= 0.3 is 43.5 Å². The van der Waals surface area contributed by atoms with Gasteiger partial charge in [-0.25, -0.2) is 9.34 Å². The molecule has 0 spiro atoms. The summed E-state index contributed by atoms with van der Waals surface area (Å²) in [6, 6.07) is 0. The van der Waals surface area contributed by atoms with E-state index in [0.29, 0.717) is 0 Å². The Kier molecular flexibility index (Phi) is 10.7. The first kappa shape index (κ1) is 34.3. The van der Waals surface area contributed by atoms with E-state index in [9.17, 15) is 61.6 Å². The third-order valence-corrected chi connectivity index (χ3v) is 8.83. The molecule has 0 aromatic heterocycles. The number of hydrogen-bond acceptors (Lipinski definition) is 4. The van der Waals surface area contributed by atoms with Crippen LogP contribution in [0.2, 0.25) is 0 Å². The molecule has 0 aromatic carbocycles. The Bertz CT molecular complexity index is 826. The first-order valence-electron chi connectivity index (χ1n) is 11.5. The van der Waals surface area contributed by atoms with Gasteiger partial charge in [0.2, 0.25) is 0 Å². The number of alkyl halides is 13. The molecule has 2 rings (SSSR count). The van der Waals surface area contributed by atoms with Crippen molar-refractivity contribution in [3.8, 4) is 0 Å². The Labute approximate surface area is 214 Å².